The zero-order chi connectivity index (χ0) is 23.7. The lowest BCUT2D eigenvalue weighted by molar-refractivity contribution is -0.0498. The number of carbonyl (C=O) groups excluding carboxylic acids is 1. The third kappa shape index (κ3) is 4.70. The molecule has 0 N–H and O–H groups in total. The monoisotopic (exact) mass is 473 g/mol. The van der Waals surface area contributed by atoms with Gasteiger partial charge >= 0.3 is 6.61 Å². The molecule has 0 fully saturated rings. The minimum Gasteiger partial charge on any atom is -0.469 e. The number of aryl methyl sites for hydroxylation is 2. The maximum atomic E-state index is 13.2. The van der Waals surface area contributed by atoms with Crippen molar-refractivity contribution in [2.45, 2.75) is 44.8 Å². The Morgan fingerprint density at radius 2 is 1.85 bits per heavy atom. The van der Waals surface area contributed by atoms with Crippen LogP contribution in [0.4, 0.5) is 8.78 Å². The zero-order valence-electron chi connectivity index (χ0n) is 18.3. The Morgan fingerprint density at radius 3 is 2.48 bits per heavy atom. The van der Waals surface area contributed by atoms with Crippen LogP contribution in [0, 0.1) is 20.8 Å². The van der Waals surface area contributed by atoms with Gasteiger partial charge < -0.3 is 18.1 Å². The number of nitrogens with zero attached hydrogens (tertiary/aromatic N) is 3. The van der Waals surface area contributed by atoms with Crippen LogP contribution in [-0.4, -0.2) is 32.4 Å². The highest BCUT2D eigenvalue weighted by molar-refractivity contribution is 8.00. The van der Waals surface area contributed by atoms with Crippen LogP contribution in [0.2, 0.25) is 0 Å². The molecule has 1 unspecified atom stereocenters. The first-order valence-corrected chi connectivity index (χ1v) is 11.0. The van der Waals surface area contributed by atoms with Crippen molar-refractivity contribution in [3.63, 3.8) is 0 Å². The highest BCUT2D eigenvalue weighted by atomic mass is 32.2. The number of carbonyl (C=O) groups is 1. The van der Waals surface area contributed by atoms with Gasteiger partial charge in [-0.05, 0) is 64.1 Å². The molecule has 3 heterocycles. The van der Waals surface area contributed by atoms with E-state index >= 15 is 0 Å². The number of hydrogen-bond acceptors (Lipinski definition) is 7. The maximum Gasteiger partial charge on any atom is 0.387 e. The topological polar surface area (TPSA) is 83.3 Å². The summed E-state index contributed by atoms with van der Waals surface area (Å²) in [5.74, 6) is 0.986. The van der Waals surface area contributed by atoms with Crippen LogP contribution in [-0.2, 0) is 0 Å². The molecule has 0 aliphatic rings. The predicted molar refractivity (Wildman–Crippen MR) is 118 cm³/mol. The summed E-state index contributed by atoms with van der Waals surface area (Å²) in [4.78, 5) is 13.2. The molecule has 7 nitrogen and oxygen atoms in total. The number of ether oxygens (including phenoxy) is 1. The van der Waals surface area contributed by atoms with Gasteiger partial charge in [0.05, 0.1) is 17.1 Å². The van der Waals surface area contributed by atoms with E-state index in [4.69, 9.17) is 8.83 Å². The first-order chi connectivity index (χ1) is 15.7. The van der Waals surface area contributed by atoms with Crippen LogP contribution >= 0.6 is 11.8 Å². The van der Waals surface area contributed by atoms with E-state index in [1.165, 1.54) is 23.9 Å². The van der Waals surface area contributed by atoms with Gasteiger partial charge in [0.2, 0.25) is 0 Å². The summed E-state index contributed by atoms with van der Waals surface area (Å²) < 4.78 is 42.0. The second-order valence-electron chi connectivity index (χ2n) is 7.38. The van der Waals surface area contributed by atoms with E-state index in [0.29, 0.717) is 22.8 Å². The summed E-state index contributed by atoms with van der Waals surface area (Å²) in [7, 11) is 0. The molecule has 0 radical (unpaired) electrons. The van der Waals surface area contributed by atoms with Crippen molar-refractivity contribution in [3.05, 3.63) is 65.4 Å². The van der Waals surface area contributed by atoms with Crippen LogP contribution < -0.4 is 4.74 Å². The SMILES string of the molecule is Cc1occc1-c1nnc(SC(C)C(=O)c2cc(C)n(-c3ccc(OC(F)F)cc3)c2C)o1. The van der Waals surface area contributed by atoms with Crippen LogP contribution in [0.3, 0.4) is 0 Å². The molecule has 33 heavy (non-hydrogen) atoms. The van der Waals surface area contributed by atoms with E-state index < -0.39 is 11.9 Å². The lowest BCUT2D eigenvalue weighted by Crippen LogP contribution is -2.14. The van der Waals surface area contributed by atoms with Gasteiger partial charge in [-0.15, -0.1) is 10.2 Å². The number of aromatic nitrogens is 3. The molecule has 172 valence electrons. The summed E-state index contributed by atoms with van der Waals surface area (Å²) in [6.07, 6.45) is 1.54. The molecule has 0 aliphatic carbocycles. The van der Waals surface area contributed by atoms with E-state index in [-0.39, 0.29) is 16.8 Å². The molecule has 1 atom stereocenters. The van der Waals surface area contributed by atoms with Gasteiger partial charge in [-0.2, -0.15) is 8.78 Å². The van der Waals surface area contributed by atoms with E-state index in [0.717, 1.165) is 17.1 Å². The Labute approximate surface area is 192 Å². The second-order valence-corrected chi connectivity index (χ2v) is 8.67. The minimum absolute atomic E-state index is 0.0714. The number of ketones is 1. The van der Waals surface area contributed by atoms with E-state index in [1.54, 1.807) is 38.3 Å². The molecule has 0 aliphatic heterocycles. The van der Waals surface area contributed by atoms with Crippen molar-refractivity contribution in [1.82, 2.24) is 14.8 Å². The normalized spacial score (nSPS) is 12.3. The van der Waals surface area contributed by atoms with E-state index in [9.17, 15) is 13.6 Å². The molecular formula is C23H21F2N3O4S. The van der Waals surface area contributed by atoms with Gasteiger partial charge in [0.1, 0.15) is 11.5 Å². The molecule has 0 bridgehead atoms. The molecule has 3 aromatic heterocycles. The average Bonchev–Trinajstić information content (AvgIpc) is 3.47. The zero-order valence-corrected chi connectivity index (χ0v) is 19.2. The second kappa shape index (κ2) is 9.22. The highest BCUT2D eigenvalue weighted by Gasteiger charge is 2.25. The number of halogens is 2. The molecule has 0 saturated heterocycles. The Balaban J connectivity index is 1.52. The Hall–Kier alpha value is -3.40. The van der Waals surface area contributed by atoms with Crippen LogP contribution in [0.5, 0.6) is 5.75 Å². The molecule has 10 heteroatoms. The maximum absolute atomic E-state index is 13.2. The smallest absolute Gasteiger partial charge is 0.387 e. The first-order valence-electron chi connectivity index (χ1n) is 10.1. The number of furan rings is 1. The van der Waals surface area contributed by atoms with Crippen molar-refractivity contribution < 1.29 is 27.1 Å². The molecule has 0 saturated carbocycles. The number of rotatable bonds is 8. The lowest BCUT2D eigenvalue weighted by atomic mass is 10.1. The minimum atomic E-state index is -2.88. The van der Waals surface area contributed by atoms with Gasteiger partial charge in [-0.1, -0.05) is 11.8 Å². The third-order valence-corrected chi connectivity index (χ3v) is 6.09. The van der Waals surface area contributed by atoms with Crippen molar-refractivity contribution in [3.8, 4) is 22.9 Å². The lowest BCUT2D eigenvalue weighted by Gasteiger charge is -2.12. The molecular weight excluding hydrogens is 452 g/mol. The highest BCUT2D eigenvalue weighted by Crippen LogP contribution is 2.31. The van der Waals surface area contributed by atoms with Gasteiger partial charge in [0.25, 0.3) is 11.1 Å². The standard InChI is InChI=1S/C23H21F2N3O4S/c1-12-11-19(13(2)28(12)16-5-7-17(8-6-16)31-22(24)25)20(29)15(4)33-23-27-26-21(32-23)18-9-10-30-14(18)3/h5-11,15,22H,1-4H3. The fourth-order valence-electron chi connectivity index (χ4n) is 3.58. The molecule has 4 rings (SSSR count). The Morgan fingerprint density at radius 1 is 1.12 bits per heavy atom. The fourth-order valence-corrected chi connectivity index (χ4v) is 4.33. The van der Waals surface area contributed by atoms with Gasteiger partial charge in [0, 0.05) is 22.6 Å². The quantitative estimate of drug-likeness (QED) is 0.229. The van der Waals surface area contributed by atoms with Gasteiger partial charge in [-0.25, -0.2) is 0 Å². The predicted octanol–water partition coefficient (Wildman–Crippen LogP) is 6.01. The van der Waals surface area contributed by atoms with Crippen molar-refractivity contribution in [1.29, 1.82) is 0 Å². The van der Waals surface area contributed by atoms with Gasteiger partial charge in [0.15, 0.2) is 5.78 Å². The summed E-state index contributed by atoms with van der Waals surface area (Å²) in [5.41, 5.74) is 3.59. The number of thioether (sulfide) groups is 1. The summed E-state index contributed by atoms with van der Waals surface area (Å²) in [6.45, 7) is 4.42. The van der Waals surface area contributed by atoms with Crippen molar-refractivity contribution in [2.75, 3.05) is 0 Å². The van der Waals surface area contributed by atoms with Crippen molar-refractivity contribution >= 4 is 17.5 Å². The average molecular weight is 474 g/mol. The molecule has 0 amide bonds. The van der Waals surface area contributed by atoms with Crippen LogP contribution in [0.25, 0.3) is 17.1 Å². The first kappa shape index (κ1) is 22.8. The number of hydrogen-bond donors (Lipinski definition) is 0. The summed E-state index contributed by atoms with van der Waals surface area (Å²) in [5, 5.41) is 7.88. The molecule has 1 aromatic carbocycles. The largest absolute Gasteiger partial charge is 0.469 e. The third-order valence-electron chi connectivity index (χ3n) is 5.16. The Kier molecular flexibility index (Phi) is 6.37. The van der Waals surface area contributed by atoms with Crippen molar-refractivity contribution in [2.24, 2.45) is 0 Å². The van der Waals surface area contributed by atoms with Crippen LogP contribution in [0.1, 0.15) is 34.4 Å². The molecule has 0 spiro atoms. The number of alkyl halides is 2. The molecule has 4 aromatic rings. The number of benzene rings is 1. The van der Waals surface area contributed by atoms with Crippen LogP contribution in [0.15, 0.2) is 56.7 Å². The van der Waals surface area contributed by atoms with Gasteiger partial charge in [-0.3, -0.25) is 4.79 Å². The number of Topliss-reactive ketones (excluding diaryl/α,β-unsaturated/α-hetero) is 1. The summed E-state index contributed by atoms with van der Waals surface area (Å²) >= 11 is 1.18. The fraction of sp³-hybridized carbons (Fsp3) is 0.261. The Bertz CT molecular complexity index is 1280. The van der Waals surface area contributed by atoms with E-state index in [2.05, 4.69) is 14.9 Å². The summed E-state index contributed by atoms with van der Waals surface area (Å²) in [6, 6.07) is 9.83. The van der Waals surface area contributed by atoms with E-state index in [1.807, 2.05) is 24.5 Å².